The molecule has 7 rings (SSSR count). The largest absolute Gasteiger partial charge is 0.508 e. The van der Waals surface area contributed by atoms with Crippen LogP contribution >= 0.6 is 0 Å². The van der Waals surface area contributed by atoms with Gasteiger partial charge < -0.3 is 55.1 Å². The first-order valence-corrected chi connectivity index (χ1v) is 12.7. The van der Waals surface area contributed by atoms with Crippen molar-refractivity contribution >= 4 is 5.97 Å². The third-order valence-electron chi connectivity index (χ3n) is 7.98. The van der Waals surface area contributed by atoms with Crippen molar-refractivity contribution < 1.29 is 59.9 Å². The molecule has 3 aliphatic rings. The predicted octanol–water partition coefficient (Wildman–Crippen LogP) is 3.00. The summed E-state index contributed by atoms with van der Waals surface area (Å²) in [6, 6.07) is 11.0. The molecule has 3 heterocycles. The number of aliphatic hydroxyl groups excluding tert-OH is 1. The molecule has 1 spiro atoms. The average Bonchev–Trinajstić information content (AvgIpc) is 3.42. The first kappa shape index (κ1) is 25.5. The van der Waals surface area contributed by atoms with Crippen LogP contribution in [-0.4, -0.2) is 52.9 Å². The van der Waals surface area contributed by atoms with Crippen LogP contribution in [0, 0.1) is 0 Å². The van der Waals surface area contributed by atoms with Gasteiger partial charge in [0.15, 0.2) is 28.4 Å². The molecule has 0 aliphatic carbocycles. The summed E-state index contributed by atoms with van der Waals surface area (Å²) in [4.78, 5) is 14.1. The summed E-state index contributed by atoms with van der Waals surface area (Å²) in [5.41, 5.74) is -1.48. The zero-order valence-corrected chi connectivity index (χ0v) is 21.3. The lowest BCUT2D eigenvalue weighted by molar-refractivity contribution is -0.139. The highest BCUT2D eigenvalue weighted by atomic mass is 16.6. The van der Waals surface area contributed by atoms with E-state index in [9.17, 15) is 45.6 Å². The van der Waals surface area contributed by atoms with Gasteiger partial charge in [-0.15, -0.1) is 0 Å². The molecule has 8 N–H and O–H groups in total. The molecule has 4 atom stereocenters. The van der Waals surface area contributed by atoms with Gasteiger partial charge in [-0.05, 0) is 35.4 Å². The fourth-order valence-electron chi connectivity index (χ4n) is 6.16. The standard InChI is InChI=1S/C30H22O12/c31-13-7-20(37)24-22(8-13)40-28(12-2-4-16(33)19(36)6-12)30(24)25-23(41-29(30)39)10-17(34)14-9-21(38)26(42-27(14)25)11-1-3-15(32)18(35)5-11/h1-8,10,21,26,28,31-38H,9H2/t21-,26-,28+,30-/m0/s1. The van der Waals surface area contributed by atoms with E-state index in [-0.39, 0.29) is 68.7 Å². The summed E-state index contributed by atoms with van der Waals surface area (Å²) in [6.07, 6.45) is -3.89. The third kappa shape index (κ3) is 3.29. The quantitative estimate of drug-likeness (QED) is 0.0988. The minimum atomic E-state index is -2.02. The minimum absolute atomic E-state index is 0.0394. The number of aliphatic hydroxyl groups is 1. The van der Waals surface area contributed by atoms with Gasteiger partial charge >= 0.3 is 5.97 Å². The van der Waals surface area contributed by atoms with Crippen molar-refractivity contribution in [3.63, 3.8) is 0 Å². The summed E-state index contributed by atoms with van der Waals surface area (Å²) in [5.74, 6) is -4.21. The number of aromatic hydroxyl groups is 7. The van der Waals surface area contributed by atoms with E-state index in [0.717, 1.165) is 6.07 Å². The minimum Gasteiger partial charge on any atom is -0.508 e. The summed E-state index contributed by atoms with van der Waals surface area (Å²) in [7, 11) is 0. The number of fused-ring (bicyclic) bond motifs is 6. The molecule has 12 nitrogen and oxygen atoms in total. The van der Waals surface area contributed by atoms with E-state index in [4.69, 9.17) is 14.2 Å². The number of ether oxygens (including phenoxy) is 3. The van der Waals surface area contributed by atoms with Gasteiger partial charge in [-0.2, -0.15) is 0 Å². The van der Waals surface area contributed by atoms with Crippen molar-refractivity contribution in [3.05, 3.63) is 82.4 Å². The monoisotopic (exact) mass is 574 g/mol. The molecule has 0 saturated carbocycles. The van der Waals surface area contributed by atoms with Gasteiger partial charge in [0.05, 0.1) is 17.2 Å². The SMILES string of the molecule is O=C1Oc2cc(O)c3c(c2[C@]12c1c(O)cc(O)cc1O[C@@H]2c1ccc(O)c(O)c1)O[C@@H](c1ccc(O)c(O)c1)[C@@H](O)C3. The Morgan fingerprint density at radius 2 is 1.33 bits per heavy atom. The van der Waals surface area contributed by atoms with Crippen LogP contribution in [0.2, 0.25) is 0 Å². The van der Waals surface area contributed by atoms with Crippen molar-refractivity contribution in [1.29, 1.82) is 0 Å². The lowest BCUT2D eigenvalue weighted by atomic mass is 9.69. The fraction of sp³-hybridized carbons (Fsp3) is 0.167. The average molecular weight is 574 g/mol. The van der Waals surface area contributed by atoms with Gasteiger partial charge in [0, 0.05) is 30.2 Å². The molecule has 4 aromatic rings. The van der Waals surface area contributed by atoms with Gasteiger partial charge in [-0.25, -0.2) is 0 Å². The normalized spacial score (nSPS) is 23.5. The molecule has 214 valence electrons. The molecule has 3 aliphatic heterocycles. The molecular weight excluding hydrogens is 552 g/mol. The molecule has 0 unspecified atom stereocenters. The van der Waals surface area contributed by atoms with Gasteiger partial charge in [-0.3, -0.25) is 4.79 Å². The Kier molecular flexibility index (Phi) is 5.16. The molecule has 0 bridgehead atoms. The van der Waals surface area contributed by atoms with E-state index < -0.39 is 52.7 Å². The first-order valence-electron chi connectivity index (χ1n) is 12.7. The second-order valence-corrected chi connectivity index (χ2v) is 10.4. The molecule has 42 heavy (non-hydrogen) atoms. The number of hydrogen-bond donors (Lipinski definition) is 8. The number of rotatable bonds is 2. The molecule has 0 fully saturated rings. The van der Waals surface area contributed by atoms with Crippen LogP contribution in [0.1, 0.15) is 40.0 Å². The number of esters is 1. The van der Waals surface area contributed by atoms with Crippen LogP contribution < -0.4 is 14.2 Å². The summed E-state index contributed by atoms with van der Waals surface area (Å²) < 4.78 is 18.1. The zero-order valence-electron chi connectivity index (χ0n) is 21.3. The van der Waals surface area contributed by atoms with Crippen LogP contribution in [0.4, 0.5) is 0 Å². The van der Waals surface area contributed by atoms with E-state index in [2.05, 4.69) is 0 Å². The second kappa shape index (κ2) is 8.51. The van der Waals surface area contributed by atoms with Gasteiger partial charge in [0.2, 0.25) is 0 Å². The second-order valence-electron chi connectivity index (χ2n) is 10.4. The Morgan fingerprint density at radius 1 is 0.667 bits per heavy atom. The van der Waals surface area contributed by atoms with Crippen LogP contribution in [0.15, 0.2) is 54.6 Å². The highest BCUT2D eigenvalue weighted by Gasteiger charge is 2.66. The van der Waals surface area contributed by atoms with Crippen molar-refractivity contribution in [1.82, 2.24) is 0 Å². The van der Waals surface area contributed by atoms with Gasteiger partial charge in [0.25, 0.3) is 0 Å². The highest BCUT2D eigenvalue weighted by molar-refractivity contribution is 6.00. The Morgan fingerprint density at radius 3 is 2.02 bits per heavy atom. The number of hydrogen-bond acceptors (Lipinski definition) is 12. The van der Waals surface area contributed by atoms with Crippen molar-refractivity contribution in [3.8, 4) is 57.5 Å². The van der Waals surface area contributed by atoms with Crippen LogP contribution in [0.3, 0.4) is 0 Å². The summed E-state index contributed by atoms with van der Waals surface area (Å²) in [5, 5.41) is 83.3. The maximum atomic E-state index is 14.1. The van der Waals surface area contributed by atoms with Gasteiger partial charge in [0.1, 0.15) is 46.7 Å². The molecule has 0 amide bonds. The van der Waals surface area contributed by atoms with Crippen LogP contribution in [0.25, 0.3) is 0 Å². The number of phenols is 7. The maximum absolute atomic E-state index is 14.1. The van der Waals surface area contributed by atoms with Crippen LogP contribution in [0.5, 0.6) is 57.5 Å². The lowest BCUT2D eigenvalue weighted by Crippen LogP contribution is -2.40. The molecule has 0 aromatic heterocycles. The smallest absolute Gasteiger partial charge is 0.331 e. The van der Waals surface area contributed by atoms with Crippen molar-refractivity contribution in [2.45, 2.75) is 30.1 Å². The maximum Gasteiger partial charge on any atom is 0.331 e. The topological polar surface area (TPSA) is 207 Å². The summed E-state index contributed by atoms with van der Waals surface area (Å²) in [6.45, 7) is 0. The Hall–Kier alpha value is -5.49. The molecule has 0 saturated heterocycles. The van der Waals surface area contributed by atoms with Crippen molar-refractivity contribution in [2.24, 2.45) is 0 Å². The lowest BCUT2D eigenvalue weighted by Gasteiger charge is -2.35. The Labute approximate surface area is 236 Å². The van der Waals surface area contributed by atoms with E-state index in [1.807, 2.05) is 0 Å². The Bertz CT molecular complexity index is 1830. The fourth-order valence-corrected chi connectivity index (χ4v) is 6.16. The van der Waals surface area contributed by atoms with E-state index in [0.29, 0.717) is 0 Å². The zero-order chi connectivity index (χ0) is 29.7. The number of carbonyl (C=O) groups excluding carboxylic acids is 1. The van der Waals surface area contributed by atoms with E-state index in [1.54, 1.807) is 0 Å². The molecule has 4 aromatic carbocycles. The summed E-state index contributed by atoms with van der Waals surface area (Å²) >= 11 is 0. The Balaban J connectivity index is 1.51. The predicted molar refractivity (Wildman–Crippen MR) is 140 cm³/mol. The van der Waals surface area contributed by atoms with Gasteiger partial charge in [-0.1, -0.05) is 12.1 Å². The molecule has 12 heteroatoms. The number of benzene rings is 4. The first-order chi connectivity index (χ1) is 20.0. The number of phenolic OH excluding ortho intramolecular Hbond substituents is 7. The van der Waals surface area contributed by atoms with E-state index >= 15 is 0 Å². The molecular formula is C30H22O12. The highest BCUT2D eigenvalue weighted by Crippen LogP contribution is 2.66. The molecule has 0 radical (unpaired) electrons. The van der Waals surface area contributed by atoms with Crippen LogP contribution in [-0.2, 0) is 16.6 Å². The third-order valence-corrected chi connectivity index (χ3v) is 7.98. The van der Waals surface area contributed by atoms with E-state index in [1.165, 1.54) is 48.5 Å². The van der Waals surface area contributed by atoms with Crippen molar-refractivity contribution in [2.75, 3.05) is 0 Å². The number of carbonyl (C=O) groups is 1.